The second kappa shape index (κ2) is 29.6. The van der Waals surface area contributed by atoms with Gasteiger partial charge in [0.1, 0.15) is 60.6 Å². The van der Waals surface area contributed by atoms with E-state index in [2.05, 4.69) is 29.5 Å². The lowest BCUT2D eigenvalue weighted by atomic mass is 9.39. The highest BCUT2D eigenvalue weighted by molar-refractivity contribution is 7.85. The van der Waals surface area contributed by atoms with Crippen LogP contribution in [0.3, 0.4) is 0 Å². The van der Waals surface area contributed by atoms with Crippen molar-refractivity contribution in [2.45, 2.75) is 128 Å². The number of carbonyl (C=O) groups excluding carboxylic acids is 3. The number of ether oxygens (including phenoxy) is 8. The number of aliphatic hydroxyl groups excluding tert-OH is 3. The summed E-state index contributed by atoms with van der Waals surface area (Å²) < 4.78 is 80.9. The van der Waals surface area contributed by atoms with Crippen molar-refractivity contribution in [3.8, 4) is 28.4 Å². The molecule has 6 aliphatic rings. The highest BCUT2D eigenvalue weighted by Gasteiger charge is 2.66. The number of rotatable bonds is 30. The van der Waals surface area contributed by atoms with Gasteiger partial charge < -0.3 is 84.3 Å². The van der Waals surface area contributed by atoms with E-state index >= 15 is 0 Å². The van der Waals surface area contributed by atoms with Crippen molar-refractivity contribution in [1.29, 1.82) is 0 Å². The van der Waals surface area contributed by atoms with Crippen molar-refractivity contribution in [2.75, 3.05) is 89.4 Å². The minimum absolute atomic E-state index is 0.0189. The zero-order chi connectivity index (χ0) is 70.8. The number of aliphatic hydroxyl groups is 3. The number of fused-ring (bicyclic) bond motifs is 2. The van der Waals surface area contributed by atoms with Crippen LogP contribution in [0.2, 0.25) is 0 Å². The number of carboxylic acid groups (broad SMARTS) is 2. The molecule has 534 valence electrons. The first-order chi connectivity index (χ1) is 47.1. The van der Waals surface area contributed by atoms with Gasteiger partial charge in [-0.3, -0.25) is 24.1 Å². The van der Waals surface area contributed by atoms with Crippen LogP contribution in [0.25, 0.3) is 21.3 Å². The molecule has 3 aromatic heterocycles. The van der Waals surface area contributed by atoms with E-state index in [1.165, 1.54) is 41.5 Å². The number of methoxy groups -OCH3 is 2. The Balaban J connectivity index is 0.743. The Labute approximate surface area is 574 Å². The molecule has 5 fully saturated rings. The fourth-order valence-corrected chi connectivity index (χ4v) is 17.4. The summed E-state index contributed by atoms with van der Waals surface area (Å²) in [5.74, 6) is -3.81. The SMILES string of the molecule is COCCN(CCOC12CC3(C)CC(C)(CC(Cn4ncc(-c5ccc(N6CCc7c(OC)ccc(C(=O)Nc8nc9ccccc9s8)c7C6)nc5C(=O)O)c4C)(C3)C1)C2)C(=O)OCc1ccc(OCCOCCNC(=O)C(N)CS(=O)(=O)O)cc1O[C@@H]1O[C@H](C(=O)O)[C@@H](O)[C@H](O)[C@H]1O. The molecule has 4 aliphatic carbocycles. The van der Waals surface area contributed by atoms with Crippen molar-refractivity contribution < 1.29 is 100 Å². The van der Waals surface area contributed by atoms with Crippen LogP contribution in [0.1, 0.15) is 95.6 Å². The van der Waals surface area contributed by atoms with E-state index in [1.54, 1.807) is 31.5 Å². The summed E-state index contributed by atoms with van der Waals surface area (Å²) >= 11 is 1.38. The van der Waals surface area contributed by atoms with Crippen LogP contribution in [0.4, 0.5) is 15.7 Å². The summed E-state index contributed by atoms with van der Waals surface area (Å²) in [7, 11) is -1.38. The Morgan fingerprint density at radius 2 is 1.61 bits per heavy atom. The van der Waals surface area contributed by atoms with E-state index in [4.69, 9.17) is 58.3 Å². The molecule has 3 aromatic carbocycles. The second-order valence-corrected chi connectivity index (χ2v) is 29.6. The number of benzene rings is 3. The van der Waals surface area contributed by atoms with Gasteiger partial charge >= 0.3 is 18.0 Å². The van der Waals surface area contributed by atoms with Crippen LogP contribution in [0.5, 0.6) is 17.2 Å². The second-order valence-electron chi connectivity index (χ2n) is 27.0. The summed E-state index contributed by atoms with van der Waals surface area (Å²) in [6, 6.07) is 17.6. The molecular formula is C67H83N9O21S2. The minimum atomic E-state index is -4.48. The van der Waals surface area contributed by atoms with Gasteiger partial charge in [0, 0.05) is 86.0 Å². The molecule has 1 saturated heterocycles. The maximum atomic E-state index is 14.2. The molecule has 32 heteroatoms. The van der Waals surface area contributed by atoms with Crippen LogP contribution in [-0.2, 0) is 69.5 Å². The number of aromatic nitrogens is 4. The van der Waals surface area contributed by atoms with Crippen molar-refractivity contribution in [3.63, 3.8) is 0 Å². The fraction of sp³-hybridized carbons (Fsp3) is 0.522. The fourth-order valence-electron chi connectivity index (χ4n) is 15.9. The number of pyridine rings is 1. The molecule has 2 aliphatic heterocycles. The average Bonchev–Trinajstić information content (AvgIpc) is 1.25. The number of hydrogen-bond donors (Lipinski definition) is 9. The zero-order valence-electron chi connectivity index (χ0n) is 55.4. The van der Waals surface area contributed by atoms with Crippen LogP contribution in [0, 0.1) is 23.2 Å². The minimum Gasteiger partial charge on any atom is -0.496 e. The van der Waals surface area contributed by atoms with E-state index in [-0.39, 0.29) is 104 Å². The van der Waals surface area contributed by atoms with Gasteiger partial charge in [-0.05, 0) is 122 Å². The molecule has 99 heavy (non-hydrogen) atoms. The predicted octanol–water partition coefficient (Wildman–Crippen LogP) is 4.80. The lowest BCUT2D eigenvalue weighted by Crippen LogP contribution is -2.64. The zero-order valence-corrected chi connectivity index (χ0v) is 57.1. The van der Waals surface area contributed by atoms with Gasteiger partial charge in [0.05, 0.1) is 61.3 Å². The summed E-state index contributed by atoms with van der Waals surface area (Å²) in [4.78, 5) is 78.3. The van der Waals surface area contributed by atoms with E-state index in [9.17, 15) is 57.9 Å². The molecule has 6 aromatic rings. The lowest BCUT2D eigenvalue weighted by molar-refractivity contribution is -0.271. The molecule has 0 radical (unpaired) electrons. The molecule has 3 unspecified atom stereocenters. The molecule has 5 heterocycles. The smallest absolute Gasteiger partial charge is 0.410 e. The predicted molar refractivity (Wildman–Crippen MR) is 356 cm³/mol. The lowest BCUT2D eigenvalue weighted by Gasteiger charge is -2.69. The quantitative estimate of drug-likeness (QED) is 0.0216. The van der Waals surface area contributed by atoms with Crippen molar-refractivity contribution >= 4 is 72.5 Å². The van der Waals surface area contributed by atoms with E-state index in [0.29, 0.717) is 59.3 Å². The molecule has 8 atom stereocenters. The maximum Gasteiger partial charge on any atom is 0.410 e. The molecule has 0 spiro atoms. The van der Waals surface area contributed by atoms with Gasteiger partial charge in [-0.15, -0.1) is 0 Å². The molecule has 12 rings (SSSR count). The number of para-hydroxylation sites is 1. The van der Waals surface area contributed by atoms with Gasteiger partial charge in [0.2, 0.25) is 12.2 Å². The van der Waals surface area contributed by atoms with Crippen molar-refractivity contribution in [3.05, 3.63) is 107 Å². The van der Waals surface area contributed by atoms with Crippen LogP contribution in [-0.4, -0.2) is 215 Å². The Bertz CT molecular complexity index is 4060. The number of nitrogens with zero attached hydrogens (tertiary/aromatic N) is 6. The standard InChI is InChI=1S/C67H83N9O21S2/c1-38-44(42-13-15-51(72-52(42)59(82)83)75-18-16-41-45(28-75)43(12-14-48(41)91-5)57(80)73-62-71-47-8-6-7-9-50(47)98-62)27-70-76(38)37-66-32-64(2)31-65(3,33-66)35-67(34-64,36-66)95-23-20-74(19-22-90-4)63(86)94-29-39-10-11-40(93-25-24-92-21-17-69-58(81)46(68)30-99(87,88)89)26-49(39)96-61-55(79)53(77)54(78)56(97-61)60(84)85/h6-15,26-27,46,53-56,61,77-79H,16-25,28-37,68H2,1-5H3,(H,69,81)(H,82,83)(H,84,85)(H,71,73,80)(H,87,88,89)/t46?,53-,54-,55+,56-,61+,64?,65?,66?,67?/m0/s1. The number of nitrogens with two attached hydrogens (primary N) is 1. The first-order valence-corrected chi connectivity index (χ1v) is 34.8. The topological polar surface area (TPSA) is 415 Å². The molecule has 10 N–H and O–H groups in total. The Kier molecular flexibility index (Phi) is 21.5. The molecule has 3 amide bonds. The van der Waals surface area contributed by atoms with E-state index in [1.807, 2.05) is 46.8 Å². The van der Waals surface area contributed by atoms with Crippen LogP contribution in [0.15, 0.2) is 72.9 Å². The van der Waals surface area contributed by atoms with Crippen molar-refractivity contribution in [2.24, 2.45) is 22.0 Å². The first-order valence-electron chi connectivity index (χ1n) is 32.4. The Morgan fingerprint density at radius 1 is 0.848 bits per heavy atom. The molecule has 4 saturated carbocycles. The van der Waals surface area contributed by atoms with Gasteiger partial charge in [-0.1, -0.05) is 37.3 Å². The first kappa shape index (κ1) is 72.1. The number of nitrogens with one attached hydrogen (secondary N) is 2. The number of carbonyl (C=O) groups is 5. The number of hydrogen-bond acceptors (Lipinski definition) is 24. The van der Waals surface area contributed by atoms with E-state index < -0.39 is 88.8 Å². The summed E-state index contributed by atoms with van der Waals surface area (Å²) in [5, 5.41) is 63.2. The normalized spacial score (nSPS) is 25.0. The van der Waals surface area contributed by atoms with Gasteiger partial charge in [-0.2, -0.15) is 13.5 Å². The molecule has 4 bridgehead atoms. The third-order valence-electron chi connectivity index (χ3n) is 19.1. The van der Waals surface area contributed by atoms with Crippen LogP contribution < -0.4 is 35.5 Å². The number of anilines is 2. The largest absolute Gasteiger partial charge is 0.496 e. The maximum absolute atomic E-state index is 14.2. The van der Waals surface area contributed by atoms with Gasteiger partial charge in [-0.25, -0.2) is 24.4 Å². The number of carboxylic acids is 2. The number of aromatic carboxylic acids is 1. The third-order valence-corrected chi connectivity index (χ3v) is 20.8. The monoisotopic (exact) mass is 1410 g/mol. The molecule has 30 nitrogen and oxygen atoms in total. The Hall–Kier alpha value is -8.15. The average molecular weight is 1410 g/mol. The summed E-state index contributed by atoms with van der Waals surface area (Å²) in [6.07, 6.45) is -3.13. The number of thiazole rings is 1. The third kappa shape index (κ3) is 16.4. The number of amides is 3. The Morgan fingerprint density at radius 3 is 2.32 bits per heavy atom. The summed E-state index contributed by atoms with van der Waals surface area (Å²) in [6.45, 7) is 7.81. The molecular weight excluding hydrogens is 1330 g/mol. The van der Waals surface area contributed by atoms with E-state index in [0.717, 1.165) is 59.1 Å². The highest BCUT2D eigenvalue weighted by Crippen LogP contribution is 2.72. The van der Waals surface area contributed by atoms with Crippen LogP contribution >= 0.6 is 11.3 Å². The highest BCUT2D eigenvalue weighted by atomic mass is 32.2. The van der Waals surface area contributed by atoms with Gasteiger partial charge in [0.25, 0.3) is 16.0 Å². The van der Waals surface area contributed by atoms with Gasteiger partial charge in [0.15, 0.2) is 16.9 Å². The summed E-state index contributed by atoms with van der Waals surface area (Å²) in [5.41, 5.74) is 9.28. The van der Waals surface area contributed by atoms with Crippen molar-refractivity contribution in [1.82, 2.24) is 30.0 Å². The number of aliphatic carboxylic acids is 1.